The molecule has 2 aromatic carbocycles. The lowest BCUT2D eigenvalue weighted by molar-refractivity contribution is -0.153. The van der Waals surface area contributed by atoms with Gasteiger partial charge in [-0.1, -0.05) is 17.7 Å². The Balaban J connectivity index is 1.42. The van der Waals surface area contributed by atoms with Crippen molar-refractivity contribution in [2.75, 3.05) is 23.8 Å². The fourth-order valence-electron chi connectivity index (χ4n) is 4.51. The third kappa shape index (κ3) is 7.33. The van der Waals surface area contributed by atoms with E-state index in [-0.39, 0.29) is 42.3 Å². The number of nitrogens with zero attached hydrogens (tertiary/aromatic N) is 4. The molecular weight excluding hydrogens is 593 g/mol. The minimum atomic E-state index is -4.65. The smallest absolute Gasteiger partial charge is 0.422 e. The normalized spacial score (nSPS) is 14.9. The van der Waals surface area contributed by atoms with Crippen LogP contribution in [-0.2, 0) is 11.4 Å². The van der Waals surface area contributed by atoms with Gasteiger partial charge in [0.15, 0.2) is 6.61 Å². The molecule has 2 amide bonds. The number of ether oxygens (including phenoxy) is 2. The highest BCUT2D eigenvalue weighted by molar-refractivity contribution is 6.32. The molecule has 0 radical (unpaired) electrons. The highest BCUT2D eigenvalue weighted by Crippen LogP contribution is 2.36. The van der Waals surface area contributed by atoms with Crippen molar-refractivity contribution < 1.29 is 37.3 Å². The zero-order valence-corrected chi connectivity index (χ0v) is 23.0. The lowest BCUT2D eigenvalue weighted by Crippen LogP contribution is -2.42. The van der Waals surface area contributed by atoms with E-state index in [1.54, 1.807) is 30.5 Å². The molecule has 0 unspecified atom stereocenters. The zero-order chi connectivity index (χ0) is 30.6. The number of alkyl halides is 3. The lowest BCUT2D eigenvalue weighted by Gasteiger charge is -2.22. The number of aromatic nitrogens is 3. The third-order valence-electron chi connectivity index (χ3n) is 6.48. The Morgan fingerprint density at radius 2 is 1.91 bits per heavy atom. The summed E-state index contributed by atoms with van der Waals surface area (Å²) in [6.07, 6.45) is -2.31. The highest BCUT2D eigenvalue weighted by atomic mass is 35.5. The Bertz CT molecular complexity index is 1640. The Hall–Kier alpha value is -4.85. The van der Waals surface area contributed by atoms with Crippen LogP contribution >= 0.6 is 11.6 Å². The number of rotatable bonds is 9. The predicted molar refractivity (Wildman–Crippen MR) is 151 cm³/mol. The summed E-state index contributed by atoms with van der Waals surface area (Å²) in [5.74, 6) is -0.311. The van der Waals surface area contributed by atoms with Crippen molar-refractivity contribution in [1.82, 2.24) is 19.9 Å². The first-order valence-corrected chi connectivity index (χ1v) is 13.3. The van der Waals surface area contributed by atoms with Crippen LogP contribution in [0.5, 0.6) is 11.5 Å². The fraction of sp³-hybridized carbons (Fsp3) is 0.250. The Morgan fingerprint density at radius 1 is 1.07 bits per heavy atom. The van der Waals surface area contributed by atoms with Gasteiger partial charge in [0.1, 0.15) is 36.3 Å². The molecule has 4 aromatic rings. The zero-order valence-electron chi connectivity index (χ0n) is 22.3. The van der Waals surface area contributed by atoms with Gasteiger partial charge in [-0.05, 0) is 49.2 Å². The molecule has 0 saturated carbocycles. The molecule has 1 fully saturated rings. The minimum absolute atomic E-state index is 0.104. The van der Waals surface area contributed by atoms with E-state index in [1.807, 2.05) is 12.1 Å². The second kappa shape index (κ2) is 12.6. The third-order valence-corrected chi connectivity index (χ3v) is 6.78. The number of hydrogen-bond acceptors (Lipinski definition) is 8. The molecule has 224 valence electrons. The number of fused-ring (bicyclic) bond motifs is 1. The average molecular weight is 617 g/mol. The first-order valence-electron chi connectivity index (χ1n) is 13.0. The number of carbonyl (C=O) groups is 2. The van der Waals surface area contributed by atoms with Crippen LogP contribution in [0.4, 0.5) is 35.2 Å². The second-order valence-electron chi connectivity index (χ2n) is 9.49. The van der Waals surface area contributed by atoms with Crippen LogP contribution in [0.15, 0.2) is 61.1 Å². The topological polar surface area (TPSA) is 139 Å². The summed E-state index contributed by atoms with van der Waals surface area (Å²) in [5.41, 5.74) is 1.36. The van der Waals surface area contributed by atoms with Crippen molar-refractivity contribution in [2.24, 2.45) is 0 Å². The molecule has 1 saturated heterocycles. The molecule has 0 bridgehead atoms. The van der Waals surface area contributed by atoms with Crippen molar-refractivity contribution in [3.8, 4) is 11.5 Å². The monoisotopic (exact) mass is 616 g/mol. The van der Waals surface area contributed by atoms with Gasteiger partial charge in [0.2, 0.25) is 5.91 Å². The number of carboxylic acid groups (broad SMARTS) is 1. The van der Waals surface area contributed by atoms with Gasteiger partial charge in [0.05, 0.1) is 21.9 Å². The quantitative estimate of drug-likeness (QED) is 0.206. The first kappa shape index (κ1) is 29.6. The molecule has 3 N–H and O–H groups in total. The standard InChI is InChI=1S/C28H24ClF3N6O5/c29-19-10-16(6-7-23(19)42-13-17-4-1-2-8-33-17)36-25-18-11-21(37-26(39)22-5-3-9-38(22)27(40)41)24(43-14-28(30,31)32)12-20(18)34-15-35-25/h1-2,4,6-8,10-12,15,22H,3,5,9,13-14H2,(H,37,39)(H,40,41)(H,34,35,36)/t22-/m0/s1. The van der Waals surface area contributed by atoms with Gasteiger partial charge in [-0.2, -0.15) is 13.2 Å². The van der Waals surface area contributed by atoms with Gasteiger partial charge >= 0.3 is 12.3 Å². The SMILES string of the molecule is O=C(Nc1cc2c(Nc3ccc(OCc4ccccn4)c(Cl)c3)ncnc2cc1OCC(F)(F)F)[C@@H]1CCCN1C(=O)O. The number of carbonyl (C=O) groups excluding carboxylic acids is 1. The van der Waals surface area contributed by atoms with Gasteiger partial charge < -0.3 is 25.2 Å². The Morgan fingerprint density at radius 3 is 2.63 bits per heavy atom. The summed E-state index contributed by atoms with van der Waals surface area (Å²) in [6.45, 7) is -1.24. The van der Waals surface area contributed by atoms with Crippen LogP contribution < -0.4 is 20.1 Å². The van der Waals surface area contributed by atoms with Gasteiger partial charge in [0, 0.05) is 29.9 Å². The fourth-order valence-corrected chi connectivity index (χ4v) is 4.75. The van der Waals surface area contributed by atoms with Crippen LogP contribution in [0.2, 0.25) is 5.02 Å². The molecule has 1 aliphatic heterocycles. The van der Waals surface area contributed by atoms with Crippen LogP contribution in [0, 0.1) is 0 Å². The first-order chi connectivity index (χ1) is 20.6. The van der Waals surface area contributed by atoms with E-state index in [0.29, 0.717) is 28.3 Å². The number of likely N-dealkylation sites (tertiary alicyclic amines) is 1. The van der Waals surface area contributed by atoms with Gasteiger partial charge in [-0.3, -0.25) is 14.7 Å². The number of hydrogen-bond donors (Lipinski definition) is 3. The summed E-state index contributed by atoms with van der Waals surface area (Å²) in [4.78, 5) is 38.2. The van der Waals surface area contributed by atoms with E-state index < -0.39 is 30.8 Å². The molecule has 3 heterocycles. The van der Waals surface area contributed by atoms with Crippen LogP contribution in [-0.4, -0.2) is 62.3 Å². The minimum Gasteiger partial charge on any atom is -0.486 e. The number of benzene rings is 2. The molecule has 0 aliphatic carbocycles. The van der Waals surface area contributed by atoms with E-state index in [4.69, 9.17) is 21.1 Å². The highest BCUT2D eigenvalue weighted by Gasteiger charge is 2.35. The summed E-state index contributed by atoms with van der Waals surface area (Å²) >= 11 is 6.43. The number of halogens is 4. The number of nitrogens with one attached hydrogen (secondary N) is 2. The molecule has 5 rings (SSSR count). The summed E-state index contributed by atoms with van der Waals surface area (Å²) in [6, 6.07) is 12.0. The van der Waals surface area contributed by atoms with E-state index in [2.05, 4.69) is 25.6 Å². The number of anilines is 3. The Kier molecular flexibility index (Phi) is 8.66. The average Bonchev–Trinajstić information content (AvgIpc) is 3.47. The van der Waals surface area contributed by atoms with Gasteiger partial charge in [-0.25, -0.2) is 14.8 Å². The van der Waals surface area contributed by atoms with Crippen molar-refractivity contribution in [1.29, 1.82) is 0 Å². The largest absolute Gasteiger partial charge is 0.486 e. The molecular formula is C28H24ClF3N6O5. The maximum atomic E-state index is 13.0. The van der Waals surface area contributed by atoms with E-state index in [0.717, 1.165) is 10.6 Å². The van der Waals surface area contributed by atoms with Crippen molar-refractivity contribution in [3.63, 3.8) is 0 Å². The molecule has 1 aliphatic rings. The van der Waals surface area contributed by atoms with Crippen LogP contribution in [0.25, 0.3) is 10.9 Å². The second-order valence-corrected chi connectivity index (χ2v) is 9.90. The summed E-state index contributed by atoms with van der Waals surface area (Å²) in [5, 5.41) is 15.7. The molecule has 15 heteroatoms. The maximum absolute atomic E-state index is 13.0. The molecule has 1 atom stereocenters. The van der Waals surface area contributed by atoms with Crippen molar-refractivity contribution in [2.45, 2.75) is 31.7 Å². The number of amides is 2. The maximum Gasteiger partial charge on any atom is 0.422 e. The molecule has 11 nitrogen and oxygen atoms in total. The number of pyridine rings is 1. The van der Waals surface area contributed by atoms with E-state index in [1.165, 1.54) is 18.5 Å². The predicted octanol–water partition coefficient (Wildman–Crippen LogP) is 6.02. The summed E-state index contributed by atoms with van der Waals surface area (Å²) < 4.78 is 49.7. The Labute approximate surface area is 247 Å². The van der Waals surface area contributed by atoms with Crippen LogP contribution in [0.3, 0.4) is 0 Å². The van der Waals surface area contributed by atoms with E-state index >= 15 is 0 Å². The van der Waals surface area contributed by atoms with Gasteiger partial charge in [0.25, 0.3) is 0 Å². The van der Waals surface area contributed by atoms with Crippen molar-refractivity contribution >= 4 is 51.7 Å². The van der Waals surface area contributed by atoms with E-state index in [9.17, 15) is 27.9 Å². The molecule has 2 aromatic heterocycles. The molecule has 43 heavy (non-hydrogen) atoms. The van der Waals surface area contributed by atoms with Crippen molar-refractivity contribution in [3.05, 3.63) is 71.8 Å². The lowest BCUT2D eigenvalue weighted by atomic mass is 10.1. The molecule has 0 spiro atoms. The summed E-state index contributed by atoms with van der Waals surface area (Å²) in [7, 11) is 0. The van der Waals surface area contributed by atoms with Gasteiger partial charge in [-0.15, -0.1) is 0 Å². The van der Waals surface area contributed by atoms with Crippen LogP contribution in [0.1, 0.15) is 18.5 Å².